The number of likely N-dealkylation sites (N-methyl/N-ethyl adjacent to an activating group) is 1. The lowest BCUT2D eigenvalue weighted by Crippen LogP contribution is -2.66. The van der Waals surface area contributed by atoms with Gasteiger partial charge in [0.1, 0.15) is 5.54 Å². The number of carbonyl (C=O) groups is 4. The van der Waals surface area contributed by atoms with Crippen LogP contribution in [0.15, 0.2) is 48.5 Å². The van der Waals surface area contributed by atoms with E-state index in [1.807, 2.05) is 30.3 Å². The van der Waals surface area contributed by atoms with E-state index in [0.717, 1.165) is 31.4 Å². The van der Waals surface area contributed by atoms with Crippen molar-refractivity contribution in [1.82, 2.24) is 20.0 Å². The maximum Gasteiger partial charge on any atom is 0.253 e. The summed E-state index contributed by atoms with van der Waals surface area (Å²) in [5.74, 6) is -1.02. The van der Waals surface area contributed by atoms with Gasteiger partial charge >= 0.3 is 0 Å². The number of rotatable bonds is 11. The molecule has 0 radical (unpaired) electrons. The van der Waals surface area contributed by atoms with Crippen LogP contribution in [-0.4, -0.2) is 90.2 Å². The number of amides is 4. The minimum Gasteiger partial charge on any atom is -0.368 e. The SMILES string of the molecule is CN(C[C@@H](CCN1CCC(C(=O)NCC(N)=O)(N2CCCCC2=O)CC1)c1ccc(Cl)c(Cl)c1)C(=O)c1ccccc1. The van der Waals surface area contributed by atoms with Gasteiger partial charge in [-0.15, -0.1) is 0 Å². The molecule has 3 N–H and O–H groups in total. The van der Waals surface area contributed by atoms with E-state index >= 15 is 0 Å². The van der Waals surface area contributed by atoms with Gasteiger partial charge in [-0.25, -0.2) is 0 Å². The summed E-state index contributed by atoms with van der Waals surface area (Å²) in [4.78, 5) is 56.5. The van der Waals surface area contributed by atoms with Crippen molar-refractivity contribution in [1.29, 1.82) is 0 Å². The minimum absolute atomic E-state index is 0.00773. The first-order valence-electron chi connectivity index (χ1n) is 14.5. The van der Waals surface area contributed by atoms with Gasteiger partial charge in [-0.3, -0.25) is 19.2 Å². The molecular weight excluding hydrogens is 577 g/mol. The highest BCUT2D eigenvalue weighted by molar-refractivity contribution is 6.42. The Balaban J connectivity index is 1.46. The van der Waals surface area contributed by atoms with E-state index in [9.17, 15) is 19.2 Å². The summed E-state index contributed by atoms with van der Waals surface area (Å²) in [5, 5.41) is 3.61. The Morgan fingerprint density at radius 3 is 2.38 bits per heavy atom. The fourth-order valence-corrected chi connectivity index (χ4v) is 6.35. The monoisotopic (exact) mass is 615 g/mol. The summed E-state index contributed by atoms with van der Waals surface area (Å²) in [7, 11) is 1.80. The molecule has 1 atom stereocenters. The molecule has 0 aromatic heterocycles. The predicted octanol–water partition coefficient (Wildman–Crippen LogP) is 3.69. The van der Waals surface area contributed by atoms with E-state index < -0.39 is 11.4 Å². The minimum atomic E-state index is -0.991. The van der Waals surface area contributed by atoms with Crippen LogP contribution in [0, 0.1) is 0 Å². The van der Waals surface area contributed by atoms with Crippen molar-refractivity contribution in [2.24, 2.45) is 5.73 Å². The third-order valence-corrected chi connectivity index (χ3v) is 9.18. The first-order valence-corrected chi connectivity index (χ1v) is 15.2. The fraction of sp³-hybridized carbons (Fsp3) is 0.484. The predicted molar refractivity (Wildman–Crippen MR) is 163 cm³/mol. The number of piperidine rings is 2. The van der Waals surface area contributed by atoms with Gasteiger partial charge in [0.05, 0.1) is 16.6 Å². The van der Waals surface area contributed by atoms with Gasteiger partial charge in [0.2, 0.25) is 17.7 Å². The van der Waals surface area contributed by atoms with Crippen molar-refractivity contribution in [3.63, 3.8) is 0 Å². The van der Waals surface area contributed by atoms with Crippen molar-refractivity contribution in [3.8, 4) is 0 Å². The Morgan fingerprint density at radius 1 is 1.02 bits per heavy atom. The average Bonchev–Trinajstić information content (AvgIpc) is 3.00. The Morgan fingerprint density at radius 2 is 1.74 bits per heavy atom. The summed E-state index contributed by atoms with van der Waals surface area (Å²) in [6.45, 7) is 2.71. The van der Waals surface area contributed by atoms with E-state index in [-0.39, 0.29) is 30.2 Å². The van der Waals surface area contributed by atoms with Crippen molar-refractivity contribution >= 4 is 46.8 Å². The number of halogens is 2. The fourth-order valence-electron chi connectivity index (χ4n) is 6.04. The van der Waals surface area contributed by atoms with Crippen LogP contribution in [0.25, 0.3) is 0 Å². The number of hydrogen-bond donors (Lipinski definition) is 2. The molecule has 42 heavy (non-hydrogen) atoms. The van der Waals surface area contributed by atoms with Crippen molar-refractivity contribution in [2.75, 3.05) is 46.3 Å². The molecule has 2 fully saturated rings. The van der Waals surface area contributed by atoms with Crippen LogP contribution in [0.5, 0.6) is 0 Å². The second-order valence-electron chi connectivity index (χ2n) is 11.2. The zero-order valence-corrected chi connectivity index (χ0v) is 25.5. The van der Waals surface area contributed by atoms with Gasteiger partial charge in [-0.05, 0) is 68.5 Å². The lowest BCUT2D eigenvalue weighted by Gasteiger charge is -2.48. The van der Waals surface area contributed by atoms with Gasteiger partial charge in [0, 0.05) is 51.1 Å². The van der Waals surface area contributed by atoms with E-state index in [4.69, 9.17) is 28.9 Å². The van der Waals surface area contributed by atoms with Crippen LogP contribution in [0.1, 0.15) is 60.4 Å². The van der Waals surface area contributed by atoms with Crippen LogP contribution in [0.4, 0.5) is 0 Å². The number of primary amides is 1. The molecule has 9 nitrogen and oxygen atoms in total. The van der Waals surface area contributed by atoms with Crippen LogP contribution < -0.4 is 11.1 Å². The average molecular weight is 617 g/mol. The number of hydrogen-bond acceptors (Lipinski definition) is 5. The van der Waals surface area contributed by atoms with Crippen LogP contribution in [-0.2, 0) is 14.4 Å². The zero-order valence-electron chi connectivity index (χ0n) is 24.0. The van der Waals surface area contributed by atoms with Crippen molar-refractivity contribution in [3.05, 3.63) is 69.7 Å². The number of nitrogens with zero attached hydrogens (tertiary/aromatic N) is 3. The molecule has 0 bridgehead atoms. The summed E-state index contributed by atoms with van der Waals surface area (Å²) >= 11 is 12.6. The highest BCUT2D eigenvalue weighted by atomic mass is 35.5. The van der Waals surface area contributed by atoms with Gasteiger partial charge in [0.25, 0.3) is 5.91 Å². The largest absolute Gasteiger partial charge is 0.368 e. The van der Waals surface area contributed by atoms with E-state index in [0.29, 0.717) is 61.1 Å². The number of likely N-dealkylation sites (tertiary alicyclic amines) is 2. The highest BCUT2D eigenvalue weighted by Gasteiger charge is 2.48. The topological polar surface area (TPSA) is 116 Å². The number of benzene rings is 2. The van der Waals surface area contributed by atoms with E-state index in [1.54, 1.807) is 35.0 Å². The van der Waals surface area contributed by atoms with E-state index in [1.165, 1.54) is 0 Å². The molecule has 4 rings (SSSR count). The van der Waals surface area contributed by atoms with Crippen LogP contribution >= 0.6 is 23.2 Å². The summed E-state index contributed by atoms with van der Waals surface area (Å²) < 4.78 is 0. The lowest BCUT2D eigenvalue weighted by atomic mass is 9.82. The molecule has 2 heterocycles. The normalized spacial score (nSPS) is 17.9. The van der Waals surface area contributed by atoms with Gasteiger partial charge < -0.3 is 25.8 Å². The number of nitrogens with one attached hydrogen (secondary N) is 1. The van der Waals surface area contributed by atoms with E-state index in [2.05, 4.69) is 10.2 Å². The summed E-state index contributed by atoms with van der Waals surface area (Å²) in [6, 6.07) is 14.8. The second-order valence-corrected chi connectivity index (χ2v) is 12.0. The maximum atomic E-state index is 13.4. The molecule has 2 aromatic rings. The molecule has 11 heteroatoms. The first-order chi connectivity index (χ1) is 20.1. The molecule has 0 saturated carbocycles. The Bertz CT molecular complexity index is 1280. The Kier molecular flexibility index (Phi) is 10.9. The molecule has 0 unspecified atom stereocenters. The quantitative estimate of drug-likeness (QED) is 0.400. The molecule has 226 valence electrons. The number of carbonyl (C=O) groups excluding carboxylic acids is 4. The smallest absolute Gasteiger partial charge is 0.253 e. The highest BCUT2D eigenvalue weighted by Crippen LogP contribution is 2.34. The van der Waals surface area contributed by atoms with Gasteiger partial charge in [0.15, 0.2) is 0 Å². The molecule has 2 aliphatic heterocycles. The van der Waals surface area contributed by atoms with Gasteiger partial charge in [-0.2, -0.15) is 0 Å². The summed E-state index contributed by atoms with van der Waals surface area (Å²) in [6.07, 6.45) is 3.77. The third-order valence-electron chi connectivity index (χ3n) is 8.44. The Labute approximate surface area is 257 Å². The molecule has 2 aliphatic rings. The van der Waals surface area contributed by atoms with Crippen molar-refractivity contribution < 1.29 is 19.2 Å². The van der Waals surface area contributed by atoms with Crippen LogP contribution in [0.2, 0.25) is 10.0 Å². The molecule has 0 spiro atoms. The third kappa shape index (κ3) is 7.62. The summed E-state index contributed by atoms with van der Waals surface area (Å²) in [5.41, 5.74) is 5.91. The van der Waals surface area contributed by atoms with Crippen LogP contribution in [0.3, 0.4) is 0 Å². The molecule has 4 amide bonds. The lowest BCUT2D eigenvalue weighted by molar-refractivity contribution is -0.153. The maximum absolute atomic E-state index is 13.4. The zero-order chi connectivity index (χ0) is 30.3. The number of nitrogens with two attached hydrogens (primary N) is 1. The molecule has 0 aliphatic carbocycles. The second kappa shape index (κ2) is 14.4. The first kappa shape index (κ1) is 31.8. The standard InChI is InChI=1S/C31H39Cl2N5O4/c1-36(29(41)22-7-3-2-4-8-22)21-24(23-10-11-25(32)26(33)19-23)12-16-37-17-13-31(14-18-37,30(42)35-20-27(34)39)38-15-6-5-9-28(38)40/h2-4,7-8,10-11,19,24H,5-6,9,12-18,20-21H2,1H3,(H2,34,39)(H,35,42)/t24-/m1/s1. The Hall–Kier alpha value is -3.14. The molecule has 2 aromatic carbocycles. The van der Waals surface area contributed by atoms with Gasteiger partial charge in [-0.1, -0.05) is 47.5 Å². The van der Waals surface area contributed by atoms with Crippen molar-refractivity contribution in [2.45, 2.75) is 50.0 Å². The molecular formula is C31H39Cl2N5O4. The molecule has 2 saturated heterocycles.